The van der Waals surface area contributed by atoms with Crippen LogP contribution in [0.4, 0.5) is 0 Å². The van der Waals surface area contributed by atoms with Crippen molar-refractivity contribution in [3.05, 3.63) is 0 Å². The van der Waals surface area contributed by atoms with Crippen molar-refractivity contribution in [2.24, 2.45) is 0 Å². The van der Waals surface area contributed by atoms with Gasteiger partial charge in [-0.2, -0.15) is 0 Å². The van der Waals surface area contributed by atoms with Crippen LogP contribution in [-0.2, 0) is 4.79 Å². The van der Waals surface area contributed by atoms with Gasteiger partial charge in [-0.3, -0.25) is 10.1 Å². The molecule has 0 aromatic heterocycles. The Bertz CT molecular complexity index is 275. The molecule has 0 bridgehead atoms. The zero-order chi connectivity index (χ0) is 12.5. The highest BCUT2D eigenvalue weighted by Gasteiger charge is 2.46. The van der Waals surface area contributed by atoms with E-state index in [1.54, 1.807) is 6.92 Å². The summed E-state index contributed by atoms with van der Waals surface area (Å²) in [4.78, 5) is 9.79. The lowest BCUT2D eigenvalue weighted by molar-refractivity contribution is -0.139. The third-order valence-electron chi connectivity index (χ3n) is 2.69. The Labute approximate surface area is 97.7 Å². The van der Waals surface area contributed by atoms with Crippen molar-refractivity contribution < 1.29 is 25.2 Å². The Morgan fingerprint density at radius 1 is 1.50 bits per heavy atom. The number of carboxylic acids is 1. The zero-order valence-corrected chi connectivity index (χ0v) is 9.94. The van der Waals surface area contributed by atoms with Crippen LogP contribution >= 0.6 is 11.8 Å². The van der Waals surface area contributed by atoms with Crippen LogP contribution in [0.3, 0.4) is 0 Å². The van der Waals surface area contributed by atoms with Crippen LogP contribution in [0.25, 0.3) is 0 Å². The third-order valence-corrected chi connectivity index (χ3v) is 4.15. The first-order valence-corrected chi connectivity index (χ1v) is 5.95. The number of rotatable bonds is 4. The summed E-state index contributed by atoms with van der Waals surface area (Å²) in [6.45, 7) is 2.97. The molecular formula is C9H17NO5S. The molecule has 1 aliphatic rings. The molecule has 0 amide bonds. The highest BCUT2D eigenvalue weighted by molar-refractivity contribution is 8.01. The molecule has 5 N–H and O–H groups in total. The van der Waals surface area contributed by atoms with Gasteiger partial charge in [-0.15, -0.1) is 11.8 Å². The minimum atomic E-state index is -1.31. The van der Waals surface area contributed by atoms with Crippen molar-refractivity contribution in [2.75, 3.05) is 5.75 Å². The van der Waals surface area contributed by atoms with E-state index in [9.17, 15) is 20.1 Å². The van der Waals surface area contributed by atoms with Gasteiger partial charge in [-0.25, -0.2) is 0 Å². The van der Waals surface area contributed by atoms with Crippen LogP contribution in [0.1, 0.15) is 13.8 Å². The van der Waals surface area contributed by atoms with Gasteiger partial charge in [0.2, 0.25) is 0 Å². The lowest BCUT2D eigenvalue weighted by atomic mass is 10.0. The lowest BCUT2D eigenvalue weighted by Gasteiger charge is -2.34. The summed E-state index contributed by atoms with van der Waals surface area (Å²) >= 11 is 1.22. The molecule has 0 radical (unpaired) electrons. The summed E-state index contributed by atoms with van der Waals surface area (Å²) < 4.78 is 0. The zero-order valence-electron chi connectivity index (χ0n) is 9.12. The molecule has 94 valence electrons. The van der Waals surface area contributed by atoms with Crippen molar-refractivity contribution in [1.29, 1.82) is 0 Å². The lowest BCUT2D eigenvalue weighted by Crippen LogP contribution is -2.56. The minimum absolute atomic E-state index is 0.315. The summed E-state index contributed by atoms with van der Waals surface area (Å²) in [5.41, 5.74) is 0. The van der Waals surface area contributed by atoms with Crippen LogP contribution in [0.5, 0.6) is 0 Å². The Balaban J connectivity index is 2.69. The van der Waals surface area contributed by atoms with Crippen molar-refractivity contribution in [1.82, 2.24) is 5.32 Å². The first kappa shape index (κ1) is 13.7. The second kappa shape index (κ2) is 4.89. The SMILES string of the molecule is CC(O)C(O)C(O)C1(C)N[C@H](C(=O)O)CS1. The van der Waals surface area contributed by atoms with Crippen LogP contribution in [0.15, 0.2) is 0 Å². The fourth-order valence-electron chi connectivity index (χ4n) is 1.58. The molecule has 1 fully saturated rings. The fourth-order valence-corrected chi connectivity index (χ4v) is 2.85. The molecule has 1 rings (SSSR count). The molecule has 0 aromatic carbocycles. The van der Waals surface area contributed by atoms with E-state index >= 15 is 0 Å². The van der Waals surface area contributed by atoms with E-state index in [4.69, 9.17) is 5.11 Å². The van der Waals surface area contributed by atoms with Gasteiger partial charge in [0.1, 0.15) is 18.2 Å². The second-order valence-electron chi connectivity index (χ2n) is 4.13. The largest absolute Gasteiger partial charge is 0.480 e. The van der Waals surface area contributed by atoms with Gasteiger partial charge >= 0.3 is 5.97 Å². The molecule has 5 atom stereocenters. The van der Waals surface area contributed by atoms with Crippen molar-refractivity contribution >= 4 is 17.7 Å². The Kier molecular flexibility index (Phi) is 4.19. The summed E-state index contributed by atoms with van der Waals surface area (Å²) in [6, 6.07) is -0.745. The van der Waals surface area contributed by atoms with Gasteiger partial charge in [-0.1, -0.05) is 0 Å². The fraction of sp³-hybridized carbons (Fsp3) is 0.889. The molecule has 0 aliphatic carbocycles. The smallest absolute Gasteiger partial charge is 0.321 e. The minimum Gasteiger partial charge on any atom is -0.480 e. The van der Waals surface area contributed by atoms with Crippen molar-refractivity contribution in [2.45, 2.75) is 43.1 Å². The van der Waals surface area contributed by atoms with E-state index in [2.05, 4.69) is 5.32 Å². The number of aliphatic carboxylic acids is 1. The maximum absolute atomic E-state index is 10.7. The number of aliphatic hydroxyl groups excluding tert-OH is 3. The number of hydrogen-bond donors (Lipinski definition) is 5. The second-order valence-corrected chi connectivity index (χ2v) is 5.60. The van der Waals surface area contributed by atoms with Gasteiger partial charge < -0.3 is 20.4 Å². The highest BCUT2D eigenvalue weighted by atomic mass is 32.2. The van der Waals surface area contributed by atoms with E-state index < -0.39 is 35.2 Å². The van der Waals surface area contributed by atoms with Gasteiger partial charge in [0, 0.05) is 5.75 Å². The average Bonchev–Trinajstić information content (AvgIpc) is 2.60. The molecule has 1 saturated heterocycles. The normalized spacial score (nSPS) is 35.7. The summed E-state index contributed by atoms with van der Waals surface area (Å²) in [6.07, 6.45) is -3.61. The molecule has 0 spiro atoms. The average molecular weight is 251 g/mol. The molecule has 1 aliphatic heterocycles. The van der Waals surface area contributed by atoms with Crippen molar-refractivity contribution in [3.8, 4) is 0 Å². The van der Waals surface area contributed by atoms with Crippen LogP contribution in [0.2, 0.25) is 0 Å². The van der Waals surface area contributed by atoms with Gasteiger partial charge in [0.05, 0.1) is 11.0 Å². The quantitative estimate of drug-likeness (QED) is 0.418. The molecule has 6 nitrogen and oxygen atoms in total. The van der Waals surface area contributed by atoms with Crippen LogP contribution in [-0.4, -0.2) is 61.4 Å². The molecule has 0 aromatic rings. The van der Waals surface area contributed by atoms with Crippen LogP contribution < -0.4 is 5.32 Å². The molecule has 1 heterocycles. The first-order chi connectivity index (χ1) is 7.28. The van der Waals surface area contributed by atoms with Gasteiger partial charge in [0.15, 0.2) is 0 Å². The number of hydrogen-bond acceptors (Lipinski definition) is 6. The molecule has 4 unspecified atom stereocenters. The molecular weight excluding hydrogens is 234 g/mol. The van der Waals surface area contributed by atoms with Crippen molar-refractivity contribution in [3.63, 3.8) is 0 Å². The summed E-state index contributed by atoms with van der Waals surface area (Å²) in [5, 5.41) is 40.1. The Morgan fingerprint density at radius 3 is 2.44 bits per heavy atom. The predicted octanol–water partition coefficient (Wildman–Crippen LogP) is -1.41. The molecule has 7 heteroatoms. The highest BCUT2D eigenvalue weighted by Crippen LogP contribution is 2.34. The van der Waals surface area contributed by atoms with Gasteiger partial charge in [-0.05, 0) is 13.8 Å². The van der Waals surface area contributed by atoms with E-state index in [0.717, 1.165) is 0 Å². The monoisotopic (exact) mass is 251 g/mol. The number of carboxylic acid groups (broad SMARTS) is 1. The molecule has 0 saturated carbocycles. The maximum atomic E-state index is 10.7. The summed E-state index contributed by atoms with van der Waals surface area (Å²) in [7, 11) is 0. The first-order valence-electron chi connectivity index (χ1n) is 4.96. The topological polar surface area (TPSA) is 110 Å². The number of aliphatic hydroxyl groups is 3. The number of carbonyl (C=O) groups is 1. The molecule has 16 heavy (non-hydrogen) atoms. The standard InChI is InChI=1S/C9H17NO5S/c1-4(11)6(12)7(13)9(2)10-5(3-16-9)8(14)15/h4-7,10-13H,3H2,1-2H3,(H,14,15)/t4?,5-,6?,7?,9?/m0/s1. The van der Waals surface area contributed by atoms with E-state index in [1.165, 1.54) is 18.7 Å². The van der Waals surface area contributed by atoms with E-state index in [-0.39, 0.29) is 0 Å². The number of nitrogens with one attached hydrogen (secondary N) is 1. The van der Waals surface area contributed by atoms with Crippen LogP contribution in [0, 0.1) is 0 Å². The Hall–Kier alpha value is -0.340. The Morgan fingerprint density at radius 2 is 2.06 bits per heavy atom. The third kappa shape index (κ3) is 2.67. The van der Waals surface area contributed by atoms with E-state index in [1.807, 2.05) is 0 Å². The predicted molar refractivity (Wildman–Crippen MR) is 59.1 cm³/mol. The van der Waals surface area contributed by atoms with Gasteiger partial charge in [0.25, 0.3) is 0 Å². The maximum Gasteiger partial charge on any atom is 0.321 e. The van der Waals surface area contributed by atoms with E-state index in [0.29, 0.717) is 5.75 Å². The summed E-state index contributed by atoms with van der Waals surface area (Å²) in [5.74, 6) is -0.676. The number of thioether (sulfide) groups is 1.